The van der Waals surface area contributed by atoms with Crippen molar-refractivity contribution in [1.82, 2.24) is 4.57 Å². The number of alkyl halides is 2. The summed E-state index contributed by atoms with van der Waals surface area (Å²) in [5, 5.41) is 0.592. The van der Waals surface area contributed by atoms with Crippen LogP contribution in [0.4, 0.5) is 8.78 Å². The zero-order chi connectivity index (χ0) is 13.6. The first-order valence-electron chi connectivity index (χ1n) is 5.92. The number of halogens is 2. The molecule has 0 saturated heterocycles. The van der Waals surface area contributed by atoms with E-state index < -0.39 is 11.5 Å². The third-order valence-electron chi connectivity index (χ3n) is 2.97. The summed E-state index contributed by atoms with van der Waals surface area (Å²) in [4.78, 5) is 0. The van der Waals surface area contributed by atoms with Crippen LogP contribution >= 0.6 is 0 Å². The molecular formula is C14H18F2N2. The number of nitrogens with two attached hydrogens (primary N) is 1. The molecule has 98 valence electrons. The fourth-order valence-electron chi connectivity index (χ4n) is 2.30. The molecule has 0 spiro atoms. The molecule has 0 bridgehead atoms. The molecule has 1 aromatic carbocycles. The van der Waals surface area contributed by atoms with Gasteiger partial charge in [0, 0.05) is 41.7 Å². The van der Waals surface area contributed by atoms with Gasteiger partial charge in [-0.3, -0.25) is 0 Å². The molecule has 2 aromatic rings. The fourth-order valence-corrected chi connectivity index (χ4v) is 2.30. The quantitative estimate of drug-likeness (QED) is 0.891. The fraction of sp³-hybridized carbons (Fsp3) is 0.429. The van der Waals surface area contributed by atoms with Crippen LogP contribution in [0.1, 0.15) is 25.8 Å². The monoisotopic (exact) mass is 252 g/mol. The van der Waals surface area contributed by atoms with Crippen LogP contribution in [-0.4, -0.2) is 10.1 Å². The summed E-state index contributed by atoms with van der Waals surface area (Å²) >= 11 is 0. The second kappa shape index (κ2) is 4.05. The minimum absolute atomic E-state index is 0.0547. The van der Waals surface area contributed by atoms with Crippen molar-refractivity contribution in [3.05, 3.63) is 36.0 Å². The Morgan fingerprint density at radius 2 is 1.83 bits per heavy atom. The van der Waals surface area contributed by atoms with Gasteiger partial charge in [-0.15, -0.1) is 0 Å². The number of benzene rings is 1. The van der Waals surface area contributed by atoms with E-state index in [0.29, 0.717) is 5.39 Å². The molecule has 0 aliphatic rings. The molecule has 2 N–H and O–H groups in total. The lowest BCUT2D eigenvalue weighted by molar-refractivity contribution is -0.0282. The lowest BCUT2D eigenvalue weighted by atomic mass is 9.93. The second-order valence-electron chi connectivity index (χ2n) is 5.54. The van der Waals surface area contributed by atoms with Crippen molar-refractivity contribution in [3.63, 3.8) is 0 Å². The Kier molecular flexibility index (Phi) is 2.93. The van der Waals surface area contributed by atoms with Crippen molar-refractivity contribution in [2.24, 2.45) is 12.8 Å². The summed E-state index contributed by atoms with van der Waals surface area (Å²) in [6, 6.07) is 7.18. The van der Waals surface area contributed by atoms with Gasteiger partial charge in [-0.25, -0.2) is 8.78 Å². The van der Waals surface area contributed by atoms with Gasteiger partial charge in [-0.1, -0.05) is 18.2 Å². The van der Waals surface area contributed by atoms with Gasteiger partial charge in [0.15, 0.2) is 0 Å². The average molecular weight is 252 g/mol. The zero-order valence-corrected chi connectivity index (χ0v) is 10.9. The van der Waals surface area contributed by atoms with E-state index in [-0.39, 0.29) is 12.0 Å². The Hall–Kier alpha value is -1.42. The topological polar surface area (TPSA) is 30.9 Å². The van der Waals surface area contributed by atoms with Crippen LogP contribution in [0.15, 0.2) is 30.5 Å². The highest BCUT2D eigenvalue weighted by Crippen LogP contribution is 2.39. The van der Waals surface area contributed by atoms with Gasteiger partial charge >= 0.3 is 0 Å². The highest BCUT2D eigenvalue weighted by Gasteiger charge is 2.38. The molecule has 0 amide bonds. The molecule has 4 heteroatoms. The summed E-state index contributed by atoms with van der Waals surface area (Å²) in [6.45, 7) is 3.23. The summed E-state index contributed by atoms with van der Waals surface area (Å²) in [5.74, 6) is -2.92. The maximum atomic E-state index is 14.3. The highest BCUT2D eigenvalue weighted by atomic mass is 19.3. The van der Waals surface area contributed by atoms with Crippen LogP contribution in [0.3, 0.4) is 0 Å². The van der Waals surface area contributed by atoms with E-state index in [9.17, 15) is 8.78 Å². The molecule has 0 atom stereocenters. The van der Waals surface area contributed by atoms with Gasteiger partial charge in [0.25, 0.3) is 5.92 Å². The van der Waals surface area contributed by atoms with Crippen molar-refractivity contribution in [2.45, 2.75) is 31.7 Å². The van der Waals surface area contributed by atoms with E-state index in [1.54, 1.807) is 37.6 Å². The Balaban J connectivity index is 2.54. The molecule has 0 radical (unpaired) electrons. The van der Waals surface area contributed by atoms with Crippen molar-refractivity contribution in [2.75, 3.05) is 0 Å². The summed E-state index contributed by atoms with van der Waals surface area (Å²) in [5.41, 5.74) is 5.68. The van der Waals surface area contributed by atoms with Crippen LogP contribution in [0.5, 0.6) is 0 Å². The molecule has 2 nitrogen and oxygen atoms in total. The first-order valence-corrected chi connectivity index (χ1v) is 5.92. The van der Waals surface area contributed by atoms with E-state index in [4.69, 9.17) is 5.73 Å². The molecule has 1 aromatic heterocycles. The number of rotatable bonds is 3. The largest absolute Gasteiger partial charge is 0.350 e. The Bertz CT molecular complexity index is 565. The maximum Gasteiger partial charge on any atom is 0.277 e. The molecule has 0 fully saturated rings. The second-order valence-corrected chi connectivity index (χ2v) is 5.54. The van der Waals surface area contributed by atoms with Crippen LogP contribution in [0.2, 0.25) is 0 Å². The minimum Gasteiger partial charge on any atom is -0.350 e. The number of aryl methyl sites for hydroxylation is 1. The third kappa shape index (κ3) is 2.38. The van der Waals surface area contributed by atoms with Gasteiger partial charge in [-0.2, -0.15) is 0 Å². The van der Waals surface area contributed by atoms with Gasteiger partial charge in [0.2, 0.25) is 0 Å². The Morgan fingerprint density at radius 3 is 2.44 bits per heavy atom. The molecular weight excluding hydrogens is 234 g/mol. The number of fused-ring (bicyclic) bond motifs is 1. The van der Waals surface area contributed by atoms with Crippen molar-refractivity contribution in [1.29, 1.82) is 0 Å². The molecule has 0 aliphatic heterocycles. The molecule has 2 rings (SSSR count). The van der Waals surface area contributed by atoms with Crippen LogP contribution < -0.4 is 5.73 Å². The Labute approximate surface area is 105 Å². The van der Waals surface area contributed by atoms with Crippen LogP contribution in [0.25, 0.3) is 10.9 Å². The maximum absolute atomic E-state index is 14.3. The first kappa shape index (κ1) is 13.0. The summed E-state index contributed by atoms with van der Waals surface area (Å²) in [7, 11) is 1.77. The lowest BCUT2D eigenvalue weighted by Gasteiger charge is -2.25. The normalized spacial score (nSPS) is 13.2. The van der Waals surface area contributed by atoms with E-state index in [1.165, 1.54) is 6.20 Å². The standard InChI is InChI=1S/C14H18F2N2/c1-13(2,17)9-14(15,16)11-8-18(3)12-7-5-4-6-10(11)12/h4-8H,9,17H2,1-3H3. The van der Waals surface area contributed by atoms with E-state index in [0.717, 1.165) is 5.52 Å². The predicted octanol–water partition coefficient (Wildman–Crippen LogP) is 3.40. The minimum atomic E-state index is -2.92. The number of hydrogen-bond acceptors (Lipinski definition) is 1. The van der Waals surface area contributed by atoms with Gasteiger partial charge < -0.3 is 10.3 Å². The van der Waals surface area contributed by atoms with Crippen molar-refractivity contribution >= 4 is 10.9 Å². The lowest BCUT2D eigenvalue weighted by Crippen LogP contribution is -2.37. The summed E-state index contributed by atoms with van der Waals surface area (Å²) in [6.07, 6.45) is 1.13. The molecule has 0 aliphatic carbocycles. The van der Waals surface area contributed by atoms with Crippen molar-refractivity contribution in [3.8, 4) is 0 Å². The molecule has 18 heavy (non-hydrogen) atoms. The van der Waals surface area contributed by atoms with E-state index in [2.05, 4.69) is 0 Å². The summed E-state index contributed by atoms with van der Waals surface area (Å²) < 4.78 is 30.3. The number of aromatic nitrogens is 1. The molecule has 0 unspecified atom stereocenters. The van der Waals surface area contributed by atoms with Crippen molar-refractivity contribution < 1.29 is 8.78 Å². The van der Waals surface area contributed by atoms with Crippen LogP contribution in [0, 0.1) is 0 Å². The number of hydrogen-bond donors (Lipinski definition) is 1. The van der Waals surface area contributed by atoms with E-state index >= 15 is 0 Å². The number of nitrogens with zero attached hydrogens (tertiary/aromatic N) is 1. The van der Waals surface area contributed by atoms with Gasteiger partial charge in [0.1, 0.15) is 0 Å². The molecule has 0 saturated carbocycles. The SMILES string of the molecule is Cn1cc(C(F)(F)CC(C)(C)N)c2ccccc21. The highest BCUT2D eigenvalue weighted by molar-refractivity contribution is 5.84. The molecule has 1 heterocycles. The smallest absolute Gasteiger partial charge is 0.277 e. The average Bonchev–Trinajstić information content (AvgIpc) is 2.54. The zero-order valence-electron chi connectivity index (χ0n) is 10.9. The Morgan fingerprint density at radius 1 is 1.22 bits per heavy atom. The van der Waals surface area contributed by atoms with Gasteiger partial charge in [0.05, 0.1) is 0 Å². The van der Waals surface area contributed by atoms with E-state index in [1.807, 2.05) is 12.1 Å². The first-order chi connectivity index (χ1) is 8.21. The third-order valence-corrected chi connectivity index (χ3v) is 2.97. The number of para-hydroxylation sites is 1. The van der Waals surface area contributed by atoms with Crippen LogP contribution in [-0.2, 0) is 13.0 Å². The van der Waals surface area contributed by atoms with Gasteiger partial charge in [-0.05, 0) is 19.9 Å². The predicted molar refractivity (Wildman–Crippen MR) is 69.7 cm³/mol.